The molecule has 0 aromatic heterocycles. The van der Waals surface area contributed by atoms with Gasteiger partial charge >= 0.3 is 0 Å². The average molecular weight is 438 g/mol. The zero-order valence-electron chi connectivity index (χ0n) is 18.1. The van der Waals surface area contributed by atoms with Crippen molar-refractivity contribution in [2.75, 3.05) is 41.7 Å². The molecule has 0 spiro atoms. The molecule has 2 aromatic carbocycles. The van der Waals surface area contributed by atoms with Crippen LogP contribution in [0.4, 0.5) is 0 Å². The molecule has 2 aromatic rings. The number of rotatable bonds is 12. The molecule has 2 atom stereocenters. The molecule has 2 unspecified atom stereocenters. The van der Waals surface area contributed by atoms with Crippen molar-refractivity contribution in [2.45, 2.75) is 25.0 Å². The van der Waals surface area contributed by atoms with E-state index >= 15 is 0 Å². The maximum atomic E-state index is 10.9. The minimum absolute atomic E-state index is 0.0568. The molecule has 2 rings (SSSR count). The van der Waals surface area contributed by atoms with Crippen LogP contribution in [0.3, 0.4) is 0 Å². The summed E-state index contributed by atoms with van der Waals surface area (Å²) in [7, 11) is 5.69. The Labute approximate surface area is 181 Å². The fourth-order valence-corrected chi connectivity index (χ4v) is 3.13. The molecule has 172 valence electrons. The van der Waals surface area contributed by atoms with Crippen molar-refractivity contribution in [1.82, 2.24) is 0 Å². The van der Waals surface area contributed by atoms with Crippen LogP contribution in [-0.4, -0.2) is 68.2 Å². The maximum Gasteiger partial charge on any atom is 0.204 e. The smallest absolute Gasteiger partial charge is 0.204 e. The lowest BCUT2D eigenvalue weighted by atomic mass is 10.0. The van der Waals surface area contributed by atoms with Crippen molar-refractivity contribution in [2.24, 2.45) is 0 Å². The van der Waals surface area contributed by atoms with Crippen molar-refractivity contribution in [3.8, 4) is 34.5 Å². The minimum Gasteiger partial charge on any atom is -0.502 e. The molecular weight excluding hydrogens is 408 g/mol. The number of aliphatic hydroxyl groups is 3. The van der Waals surface area contributed by atoms with Crippen LogP contribution in [0.2, 0.25) is 0 Å². The largest absolute Gasteiger partial charge is 0.502 e. The van der Waals surface area contributed by atoms with E-state index in [4.69, 9.17) is 28.8 Å². The number of benzene rings is 2. The summed E-state index contributed by atoms with van der Waals surface area (Å²) in [4.78, 5) is 0. The highest BCUT2D eigenvalue weighted by Gasteiger charge is 2.28. The molecule has 0 fully saturated rings. The summed E-state index contributed by atoms with van der Waals surface area (Å²) in [5, 5.41) is 40.0. The number of hydrogen-bond donors (Lipinski definition) is 4. The van der Waals surface area contributed by atoms with Crippen LogP contribution in [0, 0.1) is 0 Å². The van der Waals surface area contributed by atoms with Gasteiger partial charge in [0.15, 0.2) is 29.1 Å². The van der Waals surface area contributed by atoms with E-state index in [9.17, 15) is 15.3 Å². The van der Waals surface area contributed by atoms with Gasteiger partial charge in [-0.3, -0.25) is 0 Å². The predicted molar refractivity (Wildman–Crippen MR) is 113 cm³/mol. The van der Waals surface area contributed by atoms with Crippen molar-refractivity contribution in [1.29, 1.82) is 0 Å². The highest BCUT2D eigenvalue weighted by atomic mass is 16.6. The Morgan fingerprint density at radius 1 is 0.806 bits per heavy atom. The van der Waals surface area contributed by atoms with Gasteiger partial charge in [0.1, 0.15) is 6.10 Å². The number of aromatic hydroxyl groups is 1. The number of aryl methyl sites for hydroxylation is 1. The van der Waals surface area contributed by atoms with E-state index in [-0.39, 0.29) is 29.6 Å². The Hall–Kier alpha value is -2.88. The van der Waals surface area contributed by atoms with Gasteiger partial charge in [-0.15, -0.1) is 0 Å². The zero-order valence-corrected chi connectivity index (χ0v) is 18.1. The van der Waals surface area contributed by atoms with Gasteiger partial charge < -0.3 is 44.1 Å². The quantitative estimate of drug-likeness (QED) is 0.392. The molecule has 0 bridgehead atoms. The molecule has 9 nitrogen and oxygen atoms in total. The molecule has 0 saturated heterocycles. The molecule has 0 heterocycles. The van der Waals surface area contributed by atoms with Crippen molar-refractivity contribution < 1.29 is 44.1 Å². The van der Waals surface area contributed by atoms with Crippen LogP contribution in [0.15, 0.2) is 24.3 Å². The summed E-state index contributed by atoms with van der Waals surface area (Å²) in [6, 6.07) is 6.36. The second kappa shape index (κ2) is 11.5. The summed E-state index contributed by atoms with van der Waals surface area (Å²) < 4.78 is 27.0. The third-order valence-electron chi connectivity index (χ3n) is 4.79. The van der Waals surface area contributed by atoms with Gasteiger partial charge in [0.05, 0.1) is 35.0 Å². The zero-order chi connectivity index (χ0) is 23.0. The van der Waals surface area contributed by atoms with Crippen LogP contribution in [0.5, 0.6) is 34.5 Å². The van der Waals surface area contributed by atoms with Crippen LogP contribution >= 0.6 is 0 Å². The summed E-state index contributed by atoms with van der Waals surface area (Å²) in [5.41, 5.74) is 1.19. The molecule has 4 N–H and O–H groups in total. The summed E-state index contributed by atoms with van der Waals surface area (Å²) in [6.45, 7) is -0.466. The third kappa shape index (κ3) is 5.63. The van der Waals surface area contributed by atoms with Gasteiger partial charge in [-0.1, -0.05) is 0 Å². The number of hydrogen-bond acceptors (Lipinski definition) is 9. The summed E-state index contributed by atoms with van der Waals surface area (Å²) >= 11 is 0. The fraction of sp³-hybridized carbons (Fsp3) is 0.455. The van der Waals surface area contributed by atoms with Gasteiger partial charge in [0, 0.05) is 6.61 Å². The minimum atomic E-state index is -1.29. The maximum absolute atomic E-state index is 10.9. The molecule has 0 saturated carbocycles. The first-order valence-electron chi connectivity index (χ1n) is 9.70. The van der Waals surface area contributed by atoms with E-state index in [0.29, 0.717) is 29.9 Å². The van der Waals surface area contributed by atoms with E-state index in [0.717, 1.165) is 5.56 Å². The van der Waals surface area contributed by atoms with E-state index in [1.54, 1.807) is 12.1 Å². The Kier molecular flexibility index (Phi) is 9.04. The lowest BCUT2D eigenvalue weighted by Crippen LogP contribution is -2.29. The Morgan fingerprint density at radius 3 is 1.74 bits per heavy atom. The number of phenolic OH excluding ortho intramolecular Hbond substituents is 1. The van der Waals surface area contributed by atoms with Gasteiger partial charge in [-0.2, -0.15) is 0 Å². The molecule has 31 heavy (non-hydrogen) atoms. The van der Waals surface area contributed by atoms with Gasteiger partial charge in [0.2, 0.25) is 11.5 Å². The molecule has 0 radical (unpaired) electrons. The second-order valence-corrected chi connectivity index (χ2v) is 6.71. The molecular formula is C22H30O9. The van der Waals surface area contributed by atoms with Crippen molar-refractivity contribution in [3.63, 3.8) is 0 Å². The molecule has 0 amide bonds. The topological polar surface area (TPSA) is 127 Å². The summed E-state index contributed by atoms with van der Waals surface area (Å²) in [5.74, 6) is 0.942. The molecule has 0 aliphatic heterocycles. The first-order valence-corrected chi connectivity index (χ1v) is 9.70. The Balaban J connectivity index is 2.40. The van der Waals surface area contributed by atoms with Crippen molar-refractivity contribution >= 4 is 0 Å². The van der Waals surface area contributed by atoms with E-state index in [2.05, 4.69) is 0 Å². The van der Waals surface area contributed by atoms with Crippen LogP contribution in [-0.2, 0) is 6.42 Å². The Bertz CT molecular complexity index is 803. The van der Waals surface area contributed by atoms with Gasteiger partial charge in [0.25, 0.3) is 0 Å². The molecule has 9 heteroatoms. The number of ether oxygens (including phenoxy) is 5. The number of methoxy groups -OCH3 is 4. The first-order chi connectivity index (χ1) is 14.9. The lowest BCUT2D eigenvalue weighted by molar-refractivity contribution is -0.00185. The highest BCUT2D eigenvalue weighted by molar-refractivity contribution is 5.55. The number of phenols is 1. The van der Waals surface area contributed by atoms with Gasteiger partial charge in [-0.25, -0.2) is 0 Å². The van der Waals surface area contributed by atoms with Crippen molar-refractivity contribution in [3.05, 3.63) is 35.4 Å². The summed E-state index contributed by atoms with van der Waals surface area (Å²) in [6.07, 6.45) is -1.19. The van der Waals surface area contributed by atoms with E-state index < -0.39 is 18.8 Å². The van der Waals surface area contributed by atoms with Crippen LogP contribution < -0.4 is 23.7 Å². The predicted octanol–water partition coefficient (Wildman–Crippen LogP) is 1.82. The fourth-order valence-electron chi connectivity index (χ4n) is 3.13. The molecule has 0 aliphatic rings. The second-order valence-electron chi connectivity index (χ2n) is 6.71. The van der Waals surface area contributed by atoms with Gasteiger partial charge in [-0.05, 0) is 48.2 Å². The van der Waals surface area contributed by atoms with E-state index in [1.807, 2.05) is 0 Å². The monoisotopic (exact) mass is 438 g/mol. The van der Waals surface area contributed by atoms with E-state index in [1.165, 1.54) is 40.6 Å². The normalized spacial score (nSPS) is 12.7. The molecule has 0 aliphatic carbocycles. The number of aliphatic hydroxyl groups excluding tert-OH is 3. The Morgan fingerprint density at radius 2 is 1.32 bits per heavy atom. The average Bonchev–Trinajstić information content (AvgIpc) is 2.80. The van der Waals surface area contributed by atoms with Crippen LogP contribution in [0.1, 0.15) is 23.7 Å². The lowest BCUT2D eigenvalue weighted by Gasteiger charge is -2.26. The SMILES string of the molecule is COc1cc(C(O)C(CO)Oc2c(OC)cc(CCCO)cc2OC)cc(OC)c1O. The van der Waals surface area contributed by atoms with Crippen LogP contribution in [0.25, 0.3) is 0 Å². The third-order valence-corrected chi connectivity index (χ3v) is 4.79. The highest BCUT2D eigenvalue weighted by Crippen LogP contribution is 2.42. The first kappa shape index (κ1) is 24.4. The standard InChI is InChI=1S/C22H30O9/c1-27-15-10-14(11-16(28-2)21(15)26)20(25)19(12-24)31-22-17(29-3)8-13(6-5-7-23)9-18(22)30-4/h8-11,19-20,23-26H,5-7,12H2,1-4H3.